The molecule has 0 saturated heterocycles. The van der Waals surface area contributed by atoms with Gasteiger partial charge in [-0.25, -0.2) is 8.78 Å². The number of rotatable bonds is 2. The Morgan fingerprint density at radius 1 is 1.56 bits per heavy atom. The fraction of sp³-hybridized carbons (Fsp3) is 1.00. The van der Waals surface area contributed by atoms with E-state index in [1.54, 1.807) is 0 Å². The molecular formula is C4H7F2O2S-. The lowest BCUT2D eigenvalue weighted by Crippen LogP contribution is -2.34. The van der Waals surface area contributed by atoms with Gasteiger partial charge in [-0.15, -0.1) is 0 Å². The van der Waals surface area contributed by atoms with Crippen molar-refractivity contribution in [2.24, 2.45) is 0 Å². The molecule has 1 unspecified atom stereocenters. The first-order chi connectivity index (χ1) is 3.89. The largest absolute Gasteiger partial charge is 0.772 e. The molecule has 0 aliphatic heterocycles. The Bertz CT molecular complexity index is 124. The minimum Gasteiger partial charge on any atom is -0.772 e. The topological polar surface area (TPSA) is 40.1 Å². The Balaban J connectivity index is 4.19. The fourth-order valence-electron chi connectivity index (χ4n) is 0.0727. The second-order valence-corrected chi connectivity index (χ2v) is 3.66. The van der Waals surface area contributed by atoms with Crippen molar-refractivity contribution >= 4 is 11.1 Å². The highest BCUT2D eigenvalue weighted by atomic mass is 32.2. The van der Waals surface area contributed by atoms with Gasteiger partial charge in [0.15, 0.2) is 0 Å². The van der Waals surface area contributed by atoms with Gasteiger partial charge < -0.3 is 4.55 Å². The van der Waals surface area contributed by atoms with Crippen LogP contribution in [0.25, 0.3) is 0 Å². The van der Waals surface area contributed by atoms with E-state index in [0.717, 1.165) is 13.8 Å². The minimum atomic E-state index is -2.82. The lowest BCUT2D eigenvalue weighted by molar-refractivity contribution is 0.107. The molecule has 0 N–H and O–H groups in total. The fourth-order valence-corrected chi connectivity index (χ4v) is 0.218. The van der Waals surface area contributed by atoms with Crippen LogP contribution in [0, 0.1) is 0 Å². The lowest BCUT2D eigenvalue weighted by atomic mass is 10.2. The first-order valence-electron chi connectivity index (χ1n) is 2.26. The van der Waals surface area contributed by atoms with Crippen molar-refractivity contribution in [1.82, 2.24) is 0 Å². The predicted octanol–water partition coefficient (Wildman–Crippen LogP) is 0.909. The van der Waals surface area contributed by atoms with Crippen LogP contribution in [0.15, 0.2) is 0 Å². The highest BCUT2D eigenvalue weighted by Crippen LogP contribution is 2.19. The number of halogens is 2. The van der Waals surface area contributed by atoms with Crippen LogP contribution in [0.4, 0.5) is 8.78 Å². The van der Waals surface area contributed by atoms with E-state index in [1.165, 1.54) is 0 Å². The van der Waals surface area contributed by atoms with Crippen LogP contribution in [0.2, 0.25) is 0 Å². The molecule has 0 aliphatic rings. The summed E-state index contributed by atoms with van der Waals surface area (Å²) in [6.07, 6.45) is -2.82. The molecule has 0 spiro atoms. The van der Waals surface area contributed by atoms with Crippen molar-refractivity contribution < 1.29 is 17.5 Å². The van der Waals surface area contributed by atoms with E-state index in [2.05, 4.69) is 0 Å². The molecular weight excluding hydrogens is 150 g/mol. The average Bonchev–Trinajstić information content (AvgIpc) is 1.65. The molecule has 5 heteroatoms. The molecule has 0 bridgehead atoms. The van der Waals surface area contributed by atoms with Crippen molar-refractivity contribution in [3.63, 3.8) is 0 Å². The Labute approximate surface area is 54.5 Å². The summed E-state index contributed by atoms with van der Waals surface area (Å²) in [5.74, 6) is 0. The molecule has 1 atom stereocenters. The summed E-state index contributed by atoms with van der Waals surface area (Å²) >= 11 is -2.71. The van der Waals surface area contributed by atoms with Crippen LogP contribution in [0.1, 0.15) is 13.8 Å². The maximum absolute atomic E-state index is 11.7. The third-order valence-corrected chi connectivity index (χ3v) is 1.99. The Morgan fingerprint density at radius 2 is 1.89 bits per heavy atom. The molecule has 0 fully saturated rings. The first-order valence-corrected chi connectivity index (χ1v) is 3.34. The van der Waals surface area contributed by atoms with Gasteiger partial charge in [0.25, 0.3) is 6.43 Å². The summed E-state index contributed by atoms with van der Waals surface area (Å²) in [4.78, 5) is 0. The predicted molar refractivity (Wildman–Crippen MR) is 29.0 cm³/mol. The summed E-state index contributed by atoms with van der Waals surface area (Å²) in [5.41, 5.74) is 0. The van der Waals surface area contributed by atoms with Gasteiger partial charge in [-0.1, -0.05) is 0 Å². The molecule has 0 saturated carbocycles. The van der Waals surface area contributed by atoms with E-state index in [9.17, 15) is 17.5 Å². The van der Waals surface area contributed by atoms with Crippen molar-refractivity contribution in [2.45, 2.75) is 25.0 Å². The Kier molecular flexibility index (Phi) is 2.69. The van der Waals surface area contributed by atoms with E-state index in [1.807, 2.05) is 0 Å². The van der Waals surface area contributed by atoms with E-state index >= 15 is 0 Å². The molecule has 0 aliphatic carbocycles. The SMILES string of the molecule is CC(C)(C(F)F)S(=O)[O-]. The molecule has 0 heterocycles. The van der Waals surface area contributed by atoms with Crippen LogP contribution in [0.3, 0.4) is 0 Å². The van der Waals surface area contributed by atoms with Crippen molar-refractivity contribution in [2.75, 3.05) is 0 Å². The highest BCUT2D eigenvalue weighted by Gasteiger charge is 2.30. The summed E-state index contributed by atoms with van der Waals surface area (Å²) in [5, 5.41) is 0. The molecule has 0 aromatic rings. The van der Waals surface area contributed by atoms with Gasteiger partial charge in [0.2, 0.25) is 0 Å². The maximum Gasteiger partial charge on any atom is 0.253 e. The van der Waals surface area contributed by atoms with E-state index in [0.29, 0.717) is 0 Å². The molecule has 0 radical (unpaired) electrons. The second kappa shape index (κ2) is 2.70. The molecule has 2 nitrogen and oxygen atoms in total. The number of alkyl halides is 2. The van der Waals surface area contributed by atoms with Crippen molar-refractivity contribution in [3.05, 3.63) is 0 Å². The molecule has 0 rings (SSSR count). The van der Waals surface area contributed by atoms with Gasteiger partial charge in [0.05, 0.1) is 4.75 Å². The van der Waals surface area contributed by atoms with Crippen LogP contribution in [-0.4, -0.2) is 19.9 Å². The quantitative estimate of drug-likeness (QED) is 0.559. The van der Waals surface area contributed by atoms with Crippen molar-refractivity contribution in [3.8, 4) is 0 Å². The zero-order valence-corrected chi connectivity index (χ0v) is 5.87. The van der Waals surface area contributed by atoms with Crippen LogP contribution < -0.4 is 0 Å². The van der Waals surface area contributed by atoms with Gasteiger partial charge in [0, 0.05) is 0 Å². The van der Waals surface area contributed by atoms with Crippen LogP contribution in [-0.2, 0) is 11.1 Å². The standard InChI is InChI=1S/C4H8F2O2S/c1-4(2,3(5)6)9(7)8/h3H,1-2H3,(H,7,8)/p-1. The highest BCUT2D eigenvalue weighted by molar-refractivity contribution is 7.80. The molecule has 0 aromatic heterocycles. The molecule has 9 heavy (non-hydrogen) atoms. The third-order valence-electron chi connectivity index (χ3n) is 0.955. The smallest absolute Gasteiger partial charge is 0.253 e. The van der Waals surface area contributed by atoms with Crippen LogP contribution >= 0.6 is 0 Å². The van der Waals surface area contributed by atoms with Crippen LogP contribution in [0.5, 0.6) is 0 Å². The summed E-state index contributed by atoms with van der Waals surface area (Å²) in [7, 11) is 0. The molecule has 56 valence electrons. The monoisotopic (exact) mass is 157 g/mol. The van der Waals surface area contributed by atoms with Gasteiger partial charge in [-0.2, -0.15) is 0 Å². The summed E-state index contributed by atoms with van der Waals surface area (Å²) < 4.78 is 41.4. The summed E-state index contributed by atoms with van der Waals surface area (Å²) in [6.45, 7) is 1.95. The first kappa shape index (κ1) is 8.97. The second-order valence-electron chi connectivity index (χ2n) is 2.14. The number of hydrogen-bond donors (Lipinski definition) is 0. The normalized spacial score (nSPS) is 16.2. The van der Waals surface area contributed by atoms with Crippen molar-refractivity contribution in [1.29, 1.82) is 0 Å². The Hall–Kier alpha value is -0.0300. The van der Waals surface area contributed by atoms with E-state index in [4.69, 9.17) is 0 Å². The average molecular weight is 157 g/mol. The van der Waals surface area contributed by atoms with Gasteiger partial charge in [0.1, 0.15) is 0 Å². The number of hydrogen-bond acceptors (Lipinski definition) is 2. The lowest BCUT2D eigenvalue weighted by Gasteiger charge is -2.25. The maximum atomic E-state index is 11.7. The minimum absolute atomic E-state index is 0.973. The molecule has 0 aromatic carbocycles. The van der Waals surface area contributed by atoms with Gasteiger partial charge in [-0.05, 0) is 24.9 Å². The zero-order valence-electron chi connectivity index (χ0n) is 5.06. The zero-order chi connectivity index (χ0) is 7.65. The van der Waals surface area contributed by atoms with E-state index in [-0.39, 0.29) is 0 Å². The third kappa shape index (κ3) is 1.98. The van der Waals surface area contributed by atoms with E-state index < -0.39 is 22.3 Å². The summed E-state index contributed by atoms with van der Waals surface area (Å²) in [6, 6.07) is 0. The molecule has 0 amide bonds. The van der Waals surface area contributed by atoms with Gasteiger partial charge >= 0.3 is 0 Å². The van der Waals surface area contributed by atoms with Gasteiger partial charge in [-0.3, -0.25) is 4.21 Å². The Morgan fingerprint density at radius 3 is 1.89 bits per heavy atom.